The number of aromatic nitrogens is 2. The van der Waals surface area contributed by atoms with Crippen LogP contribution in [-0.4, -0.2) is 46.8 Å². The van der Waals surface area contributed by atoms with Gasteiger partial charge in [0.2, 0.25) is 0 Å². The molecule has 0 aliphatic heterocycles. The van der Waals surface area contributed by atoms with Crippen LogP contribution in [0, 0.1) is 6.92 Å². The van der Waals surface area contributed by atoms with E-state index in [-0.39, 0.29) is 11.4 Å². The van der Waals surface area contributed by atoms with E-state index in [1.54, 1.807) is 14.0 Å². The molecule has 1 rings (SSSR count). The summed E-state index contributed by atoms with van der Waals surface area (Å²) in [5, 5.41) is 7.03. The third-order valence-electron chi connectivity index (χ3n) is 3.38. The highest BCUT2D eigenvalue weighted by Gasteiger charge is 2.23. The van der Waals surface area contributed by atoms with Gasteiger partial charge in [-0.3, -0.25) is 9.48 Å². The summed E-state index contributed by atoms with van der Waals surface area (Å²) in [7, 11) is 5.68. The molecule has 3 N–H and O–H groups in total. The Morgan fingerprint density at radius 2 is 2.06 bits per heavy atom. The molecule has 1 amide bonds. The van der Waals surface area contributed by atoms with Crippen LogP contribution in [-0.2, 0) is 7.05 Å². The van der Waals surface area contributed by atoms with Crippen LogP contribution in [0.4, 0.5) is 5.69 Å². The fourth-order valence-electron chi connectivity index (χ4n) is 1.48. The van der Waals surface area contributed by atoms with Crippen molar-refractivity contribution in [3.8, 4) is 0 Å². The normalized spacial score (nSPS) is 11.9. The van der Waals surface area contributed by atoms with Gasteiger partial charge in [0.05, 0.1) is 11.4 Å². The van der Waals surface area contributed by atoms with Crippen LogP contribution in [0.25, 0.3) is 0 Å². The second kappa shape index (κ2) is 4.97. The molecule has 0 spiro atoms. The summed E-state index contributed by atoms with van der Waals surface area (Å²) in [6.07, 6.45) is 0. The molecule has 0 aliphatic carbocycles. The van der Waals surface area contributed by atoms with Gasteiger partial charge in [0.15, 0.2) is 0 Å². The maximum Gasteiger partial charge on any atom is 0.271 e. The number of anilines is 1. The summed E-state index contributed by atoms with van der Waals surface area (Å²) < 4.78 is 1.52. The van der Waals surface area contributed by atoms with Crippen molar-refractivity contribution in [1.82, 2.24) is 20.0 Å². The number of carbonyl (C=O) groups is 1. The van der Waals surface area contributed by atoms with Crippen LogP contribution in [0.5, 0.6) is 0 Å². The van der Waals surface area contributed by atoms with Crippen molar-refractivity contribution in [3.05, 3.63) is 11.4 Å². The van der Waals surface area contributed by atoms with E-state index in [4.69, 9.17) is 5.73 Å². The third-order valence-corrected chi connectivity index (χ3v) is 3.38. The van der Waals surface area contributed by atoms with Crippen LogP contribution in [0.1, 0.15) is 30.0 Å². The molecule has 102 valence electrons. The Hall–Kier alpha value is -1.56. The first-order chi connectivity index (χ1) is 8.16. The van der Waals surface area contributed by atoms with Gasteiger partial charge in [-0.05, 0) is 34.9 Å². The van der Waals surface area contributed by atoms with Gasteiger partial charge in [-0.25, -0.2) is 0 Å². The molecule has 0 aromatic carbocycles. The Bertz CT molecular complexity index is 448. The molecule has 1 aromatic rings. The molecule has 1 heterocycles. The Morgan fingerprint density at radius 3 is 2.44 bits per heavy atom. The highest BCUT2D eigenvalue weighted by atomic mass is 16.2. The number of nitrogen functional groups attached to an aromatic ring is 1. The van der Waals surface area contributed by atoms with Crippen LogP contribution in [0.2, 0.25) is 0 Å². The standard InChI is InChI=1S/C12H23N5O/c1-8-9(13)10(17(6)15-8)11(18)14-7-12(2,3)16(4)5/h7,13H2,1-6H3,(H,14,18). The van der Waals surface area contributed by atoms with Crippen molar-refractivity contribution in [3.63, 3.8) is 0 Å². The number of likely N-dealkylation sites (N-methyl/N-ethyl adjacent to an activating group) is 1. The number of aryl methyl sites for hydroxylation is 2. The Morgan fingerprint density at radius 1 is 1.50 bits per heavy atom. The fraction of sp³-hybridized carbons (Fsp3) is 0.667. The largest absolute Gasteiger partial charge is 0.395 e. The molecule has 6 nitrogen and oxygen atoms in total. The van der Waals surface area contributed by atoms with Crippen LogP contribution >= 0.6 is 0 Å². The van der Waals surface area contributed by atoms with Gasteiger partial charge in [-0.15, -0.1) is 0 Å². The van der Waals surface area contributed by atoms with E-state index >= 15 is 0 Å². The van der Waals surface area contributed by atoms with Crippen molar-refractivity contribution >= 4 is 11.6 Å². The smallest absolute Gasteiger partial charge is 0.271 e. The molecule has 0 saturated heterocycles. The Balaban J connectivity index is 2.78. The molecule has 0 fully saturated rings. The maximum atomic E-state index is 12.1. The second-order valence-electron chi connectivity index (χ2n) is 5.36. The lowest BCUT2D eigenvalue weighted by Gasteiger charge is -2.32. The summed E-state index contributed by atoms with van der Waals surface area (Å²) in [5.41, 5.74) is 7.27. The Kier molecular flexibility index (Phi) is 4.01. The molecule has 1 aromatic heterocycles. The van der Waals surface area contributed by atoms with E-state index in [0.29, 0.717) is 23.6 Å². The molecule has 0 atom stereocenters. The summed E-state index contributed by atoms with van der Waals surface area (Å²) in [5.74, 6) is -0.189. The van der Waals surface area contributed by atoms with E-state index in [0.717, 1.165) is 0 Å². The third kappa shape index (κ3) is 2.81. The number of carbonyl (C=O) groups excluding carboxylic acids is 1. The first-order valence-corrected chi connectivity index (χ1v) is 5.91. The maximum absolute atomic E-state index is 12.1. The van der Waals surface area contributed by atoms with Gasteiger partial charge in [-0.1, -0.05) is 0 Å². The van der Waals surface area contributed by atoms with Crippen molar-refractivity contribution in [2.75, 3.05) is 26.4 Å². The monoisotopic (exact) mass is 253 g/mol. The minimum Gasteiger partial charge on any atom is -0.395 e. The van der Waals surface area contributed by atoms with Gasteiger partial charge < -0.3 is 16.0 Å². The predicted molar refractivity (Wildman–Crippen MR) is 72.5 cm³/mol. The van der Waals surface area contributed by atoms with E-state index in [2.05, 4.69) is 29.2 Å². The fourth-order valence-corrected chi connectivity index (χ4v) is 1.48. The molecule has 0 bridgehead atoms. The lowest BCUT2D eigenvalue weighted by molar-refractivity contribution is 0.0911. The quantitative estimate of drug-likeness (QED) is 0.813. The van der Waals surface area contributed by atoms with Gasteiger partial charge in [-0.2, -0.15) is 5.10 Å². The number of nitrogens with zero attached hydrogens (tertiary/aromatic N) is 3. The highest BCUT2D eigenvalue weighted by molar-refractivity contribution is 5.97. The first kappa shape index (κ1) is 14.5. The zero-order valence-electron chi connectivity index (χ0n) is 12.0. The predicted octanol–water partition coefficient (Wildman–Crippen LogP) is 0.381. The average molecular weight is 253 g/mol. The van der Waals surface area contributed by atoms with E-state index in [1.807, 2.05) is 14.1 Å². The van der Waals surface area contributed by atoms with E-state index < -0.39 is 0 Å². The number of nitrogens with one attached hydrogen (secondary N) is 1. The molecule has 0 saturated carbocycles. The van der Waals surface area contributed by atoms with Crippen molar-refractivity contribution in [2.24, 2.45) is 7.05 Å². The molecular weight excluding hydrogens is 230 g/mol. The molecule has 18 heavy (non-hydrogen) atoms. The van der Waals surface area contributed by atoms with Gasteiger partial charge in [0, 0.05) is 19.1 Å². The van der Waals surface area contributed by atoms with Gasteiger partial charge >= 0.3 is 0 Å². The number of hydrogen-bond donors (Lipinski definition) is 2. The molecule has 0 unspecified atom stereocenters. The zero-order valence-corrected chi connectivity index (χ0v) is 12.0. The van der Waals surface area contributed by atoms with Crippen molar-refractivity contribution in [2.45, 2.75) is 26.3 Å². The van der Waals surface area contributed by atoms with Crippen LogP contribution in [0.15, 0.2) is 0 Å². The number of amides is 1. The van der Waals surface area contributed by atoms with Crippen LogP contribution in [0.3, 0.4) is 0 Å². The molecular formula is C12H23N5O. The minimum atomic E-state index is -0.189. The SMILES string of the molecule is Cc1nn(C)c(C(=O)NCC(C)(C)N(C)C)c1N. The zero-order chi connectivity index (χ0) is 14.1. The summed E-state index contributed by atoms with van der Waals surface area (Å²) >= 11 is 0. The van der Waals surface area contributed by atoms with E-state index in [1.165, 1.54) is 4.68 Å². The summed E-state index contributed by atoms with van der Waals surface area (Å²) in [4.78, 5) is 14.2. The topological polar surface area (TPSA) is 76.2 Å². The number of rotatable bonds is 4. The Labute approximate surface area is 108 Å². The molecule has 0 radical (unpaired) electrons. The minimum absolute atomic E-state index is 0.113. The highest BCUT2D eigenvalue weighted by Crippen LogP contribution is 2.15. The van der Waals surface area contributed by atoms with Crippen LogP contribution < -0.4 is 11.1 Å². The second-order valence-corrected chi connectivity index (χ2v) is 5.36. The number of hydrogen-bond acceptors (Lipinski definition) is 4. The summed E-state index contributed by atoms with van der Waals surface area (Å²) in [6, 6.07) is 0. The van der Waals surface area contributed by atoms with Crippen molar-refractivity contribution < 1.29 is 4.79 Å². The lowest BCUT2D eigenvalue weighted by Crippen LogP contribution is -2.48. The molecule has 0 aliphatic rings. The van der Waals surface area contributed by atoms with Crippen molar-refractivity contribution in [1.29, 1.82) is 0 Å². The van der Waals surface area contributed by atoms with E-state index in [9.17, 15) is 4.79 Å². The average Bonchev–Trinajstić information content (AvgIpc) is 2.50. The number of nitrogens with two attached hydrogens (primary N) is 1. The van der Waals surface area contributed by atoms with Gasteiger partial charge in [0.1, 0.15) is 5.69 Å². The summed E-state index contributed by atoms with van der Waals surface area (Å²) in [6.45, 7) is 6.45. The van der Waals surface area contributed by atoms with Gasteiger partial charge in [0.25, 0.3) is 5.91 Å². The first-order valence-electron chi connectivity index (χ1n) is 5.91. The molecule has 6 heteroatoms. The lowest BCUT2D eigenvalue weighted by atomic mass is 10.0.